The maximum absolute atomic E-state index is 12.6. The Morgan fingerprint density at radius 2 is 1.82 bits per heavy atom. The maximum atomic E-state index is 12.6. The number of benzene rings is 2. The van der Waals surface area contributed by atoms with Crippen LogP contribution in [-0.2, 0) is 13.1 Å². The molecule has 2 aromatic carbocycles. The van der Waals surface area contributed by atoms with E-state index in [1.165, 1.54) is 5.56 Å². The van der Waals surface area contributed by atoms with Gasteiger partial charge in [-0.1, -0.05) is 36.4 Å². The summed E-state index contributed by atoms with van der Waals surface area (Å²) in [5, 5.41) is 3.18. The normalized spacial score (nSPS) is 16.8. The van der Waals surface area contributed by atoms with Gasteiger partial charge in [-0.05, 0) is 36.1 Å². The molecule has 1 saturated heterocycles. The van der Waals surface area contributed by atoms with Gasteiger partial charge in [0.2, 0.25) is 6.79 Å². The Balaban J connectivity index is 1.23. The van der Waals surface area contributed by atoms with Gasteiger partial charge in [-0.15, -0.1) is 0 Å². The quantitative estimate of drug-likeness (QED) is 0.864. The summed E-state index contributed by atoms with van der Waals surface area (Å²) in [6.45, 7) is 3.79. The van der Waals surface area contributed by atoms with Crippen molar-refractivity contribution in [2.24, 2.45) is 0 Å². The van der Waals surface area contributed by atoms with Gasteiger partial charge >= 0.3 is 6.03 Å². The van der Waals surface area contributed by atoms with Crippen molar-refractivity contribution in [1.29, 1.82) is 0 Å². The summed E-state index contributed by atoms with van der Waals surface area (Å²) in [7, 11) is 1.82. The molecule has 2 aliphatic rings. The van der Waals surface area contributed by atoms with Gasteiger partial charge in [-0.3, -0.25) is 4.90 Å². The lowest BCUT2D eigenvalue weighted by Gasteiger charge is -2.33. The lowest BCUT2D eigenvalue weighted by atomic mass is 10.0. The first-order valence-electron chi connectivity index (χ1n) is 9.84. The molecular weight excluding hydrogens is 354 g/mol. The first-order chi connectivity index (χ1) is 13.7. The zero-order chi connectivity index (χ0) is 19.3. The third kappa shape index (κ3) is 4.57. The van der Waals surface area contributed by atoms with Crippen LogP contribution >= 0.6 is 0 Å². The zero-order valence-corrected chi connectivity index (χ0v) is 16.3. The second kappa shape index (κ2) is 8.52. The summed E-state index contributed by atoms with van der Waals surface area (Å²) >= 11 is 0. The summed E-state index contributed by atoms with van der Waals surface area (Å²) in [5.41, 5.74) is 2.37. The van der Waals surface area contributed by atoms with Crippen LogP contribution in [0.4, 0.5) is 4.79 Å². The SMILES string of the molecule is CN(Cc1ccc2c(c1)OCO2)C(=O)NC1CCN(Cc2ccccc2)CC1. The minimum Gasteiger partial charge on any atom is -0.454 e. The number of rotatable bonds is 5. The number of carbonyl (C=O) groups is 1. The average molecular weight is 381 g/mol. The molecule has 0 unspecified atom stereocenters. The van der Waals surface area contributed by atoms with Crippen molar-refractivity contribution in [3.05, 3.63) is 59.7 Å². The largest absolute Gasteiger partial charge is 0.454 e. The maximum Gasteiger partial charge on any atom is 0.317 e. The number of piperidine rings is 1. The Morgan fingerprint density at radius 3 is 2.61 bits per heavy atom. The molecule has 1 fully saturated rings. The lowest BCUT2D eigenvalue weighted by molar-refractivity contribution is 0.172. The van der Waals surface area contributed by atoms with Gasteiger partial charge in [-0.2, -0.15) is 0 Å². The van der Waals surface area contributed by atoms with E-state index in [9.17, 15) is 4.79 Å². The van der Waals surface area contributed by atoms with Gasteiger partial charge in [-0.25, -0.2) is 4.79 Å². The highest BCUT2D eigenvalue weighted by molar-refractivity contribution is 5.74. The minimum absolute atomic E-state index is 0.0285. The van der Waals surface area contributed by atoms with Crippen LogP contribution in [0, 0.1) is 0 Å². The number of fused-ring (bicyclic) bond motifs is 1. The molecule has 1 N–H and O–H groups in total. The molecule has 0 saturated carbocycles. The molecular formula is C22H27N3O3. The highest BCUT2D eigenvalue weighted by Gasteiger charge is 2.22. The van der Waals surface area contributed by atoms with Crippen LogP contribution in [0.25, 0.3) is 0 Å². The number of ether oxygens (including phenoxy) is 2. The molecule has 0 aromatic heterocycles. The fraction of sp³-hybridized carbons (Fsp3) is 0.409. The van der Waals surface area contributed by atoms with E-state index < -0.39 is 0 Å². The number of nitrogens with one attached hydrogen (secondary N) is 1. The van der Waals surface area contributed by atoms with E-state index >= 15 is 0 Å². The average Bonchev–Trinajstić information content (AvgIpc) is 3.18. The molecule has 0 aliphatic carbocycles. The van der Waals surface area contributed by atoms with Crippen LogP contribution in [-0.4, -0.2) is 48.8 Å². The highest BCUT2D eigenvalue weighted by atomic mass is 16.7. The Morgan fingerprint density at radius 1 is 1.07 bits per heavy atom. The van der Waals surface area contributed by atoms with Gasteiger partial charge in [0.15, 0.2) is 11.5 Å². The molecule has 0 atom stereocenters. The smallest absolute Gasteiger partial charge is 0.317 e. The van der Waals surface area contributed by atoms with E-state index in [4.69, 9.17) is 9.47 Å². The van der Waals surface area contributed by atoms with Gasteiger partial charge in [0.1, 0.15) is 0 Å². The van der Waals surface area contributed by atoms with Gasteiger partial charge < -0.3 is 19.7 Å². The van der Waals surface area contributed by atoms with Crippen LogP contribution < -0.4 is 14.8 Å². The zero-order valence-electron chi connectivity index (χ0n) is 16.3. The number of carbonyl (C=O) groups excluding carboxylic acids is 1. The van der Waals surface area contributed by atoms with Crippen LogP contribution in [0.1, 0.15) is 24.0 Å². The van der Waals surface area contributed by atoms with Crippen molar-refractivity contribution < 1.29 is 14.3 Å². The lowest BCUT2D eigenvalue weighted by Crippen LogP contribution is -2.48. The number of hydrogen-bond acceptors (Lipinski definition) is 4. The summed E-state index contributed by atoms with van der Waals surface area (Å²) in [5.74, 6) is 1.51. The molecule has 6 heteroatoms. The van der Waals surface area contributed by atoms with Gasteiger partial charge in [0.25, 0.3) is 0 Å². The minimum atomic E-state index is -0.0285. The summed E-state index contributed by atoms with van der Waals surface area (Å²) < 4.78 is 10.7. The van der Waals surface area contributed by atoms with E-state index in [2.05, 4.69) is 34.5 Å². The van der Waals surface area contributed by atoms with Crippen LogP contribution in [0.3, 0.4) is 0 Å². The third-order valence-corrected chi connectivity index (χ3v) is 5.37. The van der Waals surface area contributed by atoms with Crippen molar-refractivity contribution in [2.45, 2.75) is 32.0 Å². The summed E-state index contributed by atoms with van der Waals surface area (Å²) in [6.07, 6.45) is 1.97. The standard InChI is InChI=1S/C22H27N3O3/c1-24(14-18-7-8-20-21(13-18)28-16-27-20)22(26)23-19-9-11-25(12-10-19)15-17-5-3-2-4-6-17/h2-8,13,19H,9-12,14-16H2,1H3,(H,23,26). The van der Waals surface area contributed by atoms with Crippen molar-refractivity contribution in [2.75, 3.05) is 26.9 Å². The van der Waals surface area contributed by atoms with Gasteiger partial charge in [0.05, 0.1) is 0 Å². The Hall–Kier alpha value is -2.73. The second-order valence-electron chi connectivity index (χ2n) is 7.53. The number of likely N-dealkylation sites (tertiary alicyclic amines) is 1. The predicted octanol–water partition coefficient (Wildman–Crippen LogP) is 3.22. The summed E-state index contributed by atoms with van der Waals surface area (Å²) in [6, 6.07) is 16.6. The number of amides is 2. The van der Waals surface area contributed by atoms with Crippen molar-refractivity contribution >= 4 is 6.03 Å². The van der Waals surface area contributed by atoms with Crippen molar-refractivity contribution in [3.63, 3.8) is 0 Å². The molecule has 0 radical (unpaired) electrons. The molecule has 2 heterocycles. The van der Waals surface area contributed by atoms with Crippen molar-refractivity contribution in [1.82, 2.24) is 15.1 Å². The van der Waals surface area contributed by atoms with Crippen LogP contribution in [0.15, 0.2) is 48.5 Å². The molecule has 148 valence electrons. The molecule has 0 bridgehead atoms. The summed E-state index contributed by atoms with van der Waals surface area (Å²) in [4.78, 5) is 16.7. The molecule has 2 aliphatic heterocycles. The number of nitrogens with zero attached hydrogens (tertiary/aromatic N) is 2. The molecule has 2 amide bonds. The monoisotopic (exact) mass is 381 g/mol. The first-order valence-corrected chi connectivity index (χ1v) is 9.84. The third-order valence-electron chi connectivity index (χ3n) is 5.37. The molecule has 0 spiro atoms. The van der Waals surface area contributed by atoms with Crippen molar-refractivity contribution in [3.8, 4) is 11.5 Å². The molecule has 6 nitrogen and oxygen atoms in total. The predicted molar refractivity (Wildman–Crippen MR) is 107 cm³/mol. The molecule has 4 rings (SSSR count). The highest BCUT2D eigenvalue weighted by Crippen LogP contribution is 2.32. The molecule has 28 heavy (non-hydrogen) atoms. The Bertz CT molecular complexity index is 804. The van der Waals surface area contributed by atoms with E-state index in [0.717, 1.165) is 49.5 Å². The second-order valence-corrected chi connectivity index (χ2v) is 7.53. The number of hydrogen-bond donors (Lipinski definition) is 1. The first kappa shape index (κ1) is 18.6. The fourth-order valence-corrected chi connectivity index (χ4v) is 3.75. The van der Waals surface area contributed by atoms with E-state index in [1.54, 1.807) is 4.90 Å². The van der Waals surface area contributed by atoms with Gasteiger partial charge in [0, 0.05) is 39.3 Å². The Labute approximate surface area is 166 Å². The topological polar surface area (TPSA) is 54.0 Å². The fourth-order valence-electron chi connectivity index (χ4n) is 3.75. The van der Waals surface area contributed by atoms with Crippen LogP contribution in [0.5, 0.6) is 11.5 Å². The van der Waals surface area contributed by atoms with E-state index in [1.807, 2.05) is 31.3 Å². The molecule has 2 aromatic rings. The van der Waals surface area contributed by atoms with Crippen LogP contribution in [0.2, 0.25) is 0 Å². The Kier molecular flexibility index (Phi) is 5.67. The van der Waals surface area contributed by atoms with E-state index in [-0.39, 0.29) is 18.9 Å². The number of urea groups is 1. The van der Waals surface area contributed by atoms with E-state index in [0.29, 0.717) is 6.54 Å².